The van der Waals surface area contributed by atoms with Gasteiger partial charge in [0.1, 0.15) is 0 Å². The summed E-state index contributed by atoms with van der Waals surface area (Å²) in [6, 6.07) is 11.0. The number of piperazine rings is 1. The molecule has 0 spiro atoms. The van der Waals surface area contributed by atoms with Gasteiger partial charge in [-0.15, -0.1) is 0 Å². The Labute approximate surface area is 180 Å². The second-order valence-electron chi connectivity index (χ2n) is 9.29. The van der Waals surface area contributed by atoms with Crippen LogP contribution in [0.15, 0.2) is 30.3 Å². The second kappa shape index (κ2) is 9.92. The van der Waals surface area contributed by atoms with Crippen LogP contribution in [0.2, 0.25) is 0 Å². The van der Waals surface area contributed by atoms with Gasteiger partial charge in [-0.25, -0.2) is 0 Å². The van der Waals surface area contributed by atoms with E-state index in [1.165, 1.54) is 5.56 Å². The van der Waals surface area contributed by atoms with Crippen molar-refractivity contribution >= 4 is 11.8 Å². The number of benzene rings is 1. The van der Waals surface area contributed by atoms with Crippen LogP contribution in [0.5, 0.6) is 0 Å². The predicted octanol–water partition coefficient (Wildman–Crippen LogP) is 1.75. The summed E-state index contributed by atoms with van der Waals surface area (Å²) in [7, 11) is 0. The molecule has 30 heavy (non-hydrogen) atoms. The highest BCUT2D eigenvalue weighted by Gasteiger charge is 2.31. The third-order valence-corrected chi connectivity index (χ3v) is 6.92. The lowest BCUT2D eigenvalue weighted by Crippen LogP contribution is -2.56. The molecule has 2 saturated heterocycles. The third-order valence-electron chi connectivity index (χ3n) is 6.92. The minimum atomic E-state index is -0.0712. The average molecular weight is 413 g/mol. The van der Waals surface area contributed by atoms with Crippen molar-refractivity contribution in [3.8, 4) is 0 Å². The van der Waals surface area contributed by atoms with Gasteiger partial charge < -0.3 is 10.2 Å². The van der Waals surface area contributed by atoms with Crippen LogP contribution in [0.1, 0.15) is 38.2 Å². The van der Waals surface area contributed by atoms with Crippen LogP contribution in [0.4, 0.5) is 0 Å². The van der Waals surface area contributed by atoms with E-state index in [1.54, 1.807) is 0 Å². The van der Waals surface area contributed by atoms with E-state index < -0.39 is 0 Å². The molecule has 164 valence electrons. The molecule has 2 heterocycles. The minimum absolute atomic E-state index is 0.0712. The van der Waals surface area contributed by atoms with Gasteiger partial charge in [0.15, 0.2) is 0 Å². The first kappa shape index (κ1) is 21.3. The Hall–Kier alpha value is -1.92. The molecule has 3 fully saturated rings. The number of rotatable bonds is 7. The van der Waals surface area contributed by atoms with Gasteiger partial charge in [0.05, 0.1) is 12.6 Å². The maximum Gasteiger partial charge on any atom is 0.239 e. The molecule has 1 aromatic rings. The van der Waals surface area contributed by atoms with Crippen molar-refractivity contribution in [3.05, 3.63) is 35.9 Å². The summed E-state index contributed by atoms with van der Waals surface area (Å²) >= 11 is 0. The fourth-order valence-electron chi connectivity index (χ4n) is 4.74. The molecule has 6 heteroatoms. The quantitative estimate of drug-likeness (QED) is 0.741. The van der Waals surface area contributed by atoms with E-state index in [9.17, 15) is 9.59 Å². The number of hydrogen-bond acceptors (Lipinski definition) is 4. The molecule has 1 aromatic carbocycles. The smallest absolute Gasteiger partial charge is 0.239 e. The lowest BCUT2D eigenvalue weighted by Gasteiger charge is -2.40. The Morgan fingerprint density at radius 2 is 1.63 bits per heavy atom. The SMILES string of the molecule is CC(C(=O)N1CCC(Cc2ccccc2)CC1)N1CCN(CC(=O)NC2CC2)CC1. The van der Waals surface area contributed by atoms with Crippen molar-refractivity contribution in [2.45, 2.75) is 51.1 Å². The fraction of sp³-hybridized carbons (Fsp3) is 0.667. The number of carbonyl (C=O) groups is 2. The summed E-state index contributed by atoms with van der Waals surface area (Å²) in [6.45, 7) is 7.71. The number of hydrogen-bond donors (Lipinski definition) is 1. The lowest BCUT2D eigenvalue weighted by atomic mass is 9.90. The van der Waals surface area contributed by atoms with Gasteiger partial charge in [-0.2, -0.15) is 0 Å². The fourth-order valence-corrected chi connectivity index (χ4v) is 4.74. The lowest BCUT2D eigenvalue weighted by molar-refractivity contribution is -0.139. The van der Waals surface area contributed by atoms with Crippen molar-refractivity contribution in [2.24, 2.45) is 5.92 Å². The number of carbonyl (C=O) groups excluding carboxylic acids is 2. The summed E-state index contributed by atoms with van der Waals surface area (Å²) < 4.78 is 0. The molecule has 1 N–H and O–H groups in total. The highest BCUT2D eigenvalue weighted by atomic mass is 16.2. The Morgan fingerprint density at radius 3 is 2.27 bits per heavy atom. The monoisotopic (exact) mass is 412 g/mol. The first-order valence-corrected chi connectivity index (χ1v) is 11.7. The van der Waals surface area contributed by atoms with Gasteiger partial charge in [-0.05, 0) is 50.5 Å². The van der Waals surface area contributed by atoms with Crippen LogP contribution < -0.4 is 5.32 Å². The van der Waals surface area contributed by atoms with E-state index in [-0.39, 0.29) is 17.9 Å². The van der Waals surface area contributed by atoms with E-state index in [1.807, 2.05) is 6.92 Å². The maximum absolute atomic E-state index is 13.1. The number of nitrogens with zero attached hydrogens (tertiary/aromatic N) is 3. The van der Waals surface area contributed by atoms with E-state index in [0.717, 1.165) is 71.4 Å². The topological polar surface area (TPSA) is 55.9 Å². The van der Waals surface area contributed by atoms with Gasteiger partial charge in [-0.1, -0.05) is 30.3 Å². The molecule has 1 aliphatic carbocycles. The summed E-state index contributed by atoms with van der Waals surface area (Å²) in [4.78, 5) is 31.6. The molecule has 1 atom stereocenters. The van der Waals surface area contributed by atoms with Gasteiger partial charge in [0.25, 0.3) is 0 Å². The van der Waals surface area contributed by atoms with E-state index in [0.29, 0.717) is 18.5 Å². The molecule has 1 saturated carbocycles. The molecule has 0 radical (unpaired) electrons. The molecule has 2 amide bonds. The summed E-state index contributed by atoms with van der Waals surface area (Å²) in [5.74, 6) is 1.10. The normalized spacial score (nSPS) is 22.6. The Kier molecular flexibility index (Phi) is 7.05. The highest BCUT2D eigenvalue weighted by Crippen LogP contribution is 2.23. The van der Waals surface area contributed by atoms with Crippen molar-refractivity contribution in [1.82, 2.24) is 20.0 Å². The van der Waals surface area contributed by atoms with Crippen LogP contribution in [-0.2, 0) is 16.0 Å². The standard InChI is InChI=1S/C24H36N4O2/c1-19(27-15-13-26(14-16-27)18-23(29)25-22-7-8-22)24(30)28-11-9-21(10-12-28)17-20-5-3-2-4-6-20/h2-6,19,21-22H,7-18H2,1H3,(H,25,29). The van der Waals surface area contributed by atoms with Crippen molar-refractivity contribution in [3.63, 3.8) is 0 Å². The number of likely N-dealkylation sites (tertiary alicyclic amines) is 1. The number of nitrogens with one attached hydrogen (secondary N) is 1. The maximum atomic E-state index is 13.1. The molecule has 0 aromatic heterocycles. The zero-order valence-corrected chi connectivity index (χ0v) is 18.3. The molecule has 0 bridgehead atoms. The zero-order chi connectivity index (χ0) is 20.9. The second-order valence-corrected chi connectivity index (χ2v) is 9.29. The Bertz CT molecular complexity index is 705. The average Bonchev–Trinajstić information content (AvgIpc) is 3.58. The van der Waals surface area contributed by atoms with Crippen molar-refractivity contribution in [2.75, 3.05) is 45.8 Å². The van der Waals surface area contributed by atoms with Gasteiger partial charge in [0, 0.05) is 45.3 Å². The van der Waals surface area contributed by atoms with Crippen LogP contribution in [0.25, 0.3) is 0 Å². The van der Waals surface area contributed by atoms with Crippen LogP contribution >= 0.6 is 0 Å². The molecule has 4 rings (SSSR count). The third kappa shape index (κ3) is 5.82. The highest BCUT2D eigenvalue weighted by molar-refractivity contribution is 5.81. The van der Waals surface area contributed by atoms with Crippen molar-refractivity contribution < 1.29 is 9.59 Å². The molecule has 1 unspecified atom stereocenters. The molecule has 2 aliphatic heterocycles. The van der Waals surface area contributed by atoms with Crippen LogP contribution in [-0.4, -0.2) is 84.4 Å². The zero-order valence-electron chi connectivity index (χ0n) is 18.3. The van der Waals surface area contributed by atoms with Crippen LogP contribution in [0.3, 0.4) is 0 Å². The number of piperidine rings is 1. The molecular weight excluding hydrogens is 376 g/mol. The summed E-state index contributed by atoms with van der Waals surface area (Å²) in [5.41, 5.74) is 1.40. The minimum Gasteiger partial charge on any atom is -0.352 e. The van der Waals surface area contributed by atoms with Crippen molar-refractivity contribution in [1.29, 1.82) is 0 Å². The molecular formula is C24H36N4O2. The Morgan fingerprint density at radius 1 is 0.967 bits per heavy atom. The van der Waals surface area contributed by atoms with Gasteiger partial charge >= 0.3 is 0 Å². The van der Waals surface area contributed by atoms with E-state index >= 15 is 0 Å². The molecule has 3 aliphatic rings. The molecule has 6 nitrogen and oxygen atoms in total. The number of amides is 2. The summed E-state index contributed by atoms with van der Waals surface area (Å²) in [6.07, 6.45) is 5.56. The Balaban J connectivity index is 1.17. The largest absolute Gasteiger partial charge is 0.352 e. The first-order valence-electron chi connectivity index (χ1n) is 11.7. The first-order chi connectivity index (χ1) is 14.6. The van der Waals surface area contributed by atoms with Crippen LogP contribution in [0, 0.1) is 5.92 Å². The summed E-state index contributed by atoms with van der Waals surface area (Å²) in [5, 5.41) is 3.06. The van der Waals surface area contributed by atoms with Gasteiger partial charge in [0.2, 0.25) is 11.8 Å². The van der Waals surface area contributed by atoms with E-state index in [2.05, 4.69) is 50.3 Å². The van der Waals surface area contributed by atoms with Gasteiger partial charge in [-0.3, -0.25) is 19.4 Å². The predicted molar refractivity (Wildman–Crippen MR) is 118 cm³/mol. The van der Waals surface area contributed by atoms with E-state index in [4.69, 9.17) is 0 Å².